The zero-order valence-corrected chi connectivity index (χ0v) is 17.2. The zero-order chi connectivity index (χ0) is 23.0. The first kappa shape index (κ1) is 20.3. The van der Waals surface area contributed by atoms with Gasteiger partial charge in [0.2, 0.25) is 17.3 Å². The van der Waals surface area contributed by atoms with Crippen LogP contribution in [0.4, 0.5) is 10.5 Å². The lowest BCUT2D eigenvalue weighted by Gasteiger charge is -2.13. The SMILES string of the molecule is CC(OC(=O)Nc1cnoc1C#Cc1nc2nc(C3(C(=O)O)CC3)oc2o1)c1ccccc1. The molecule has 0 radical (unpaired) electrons. The van der Waals surface area contributed by atoms with Crippen LogP contribution in [0.3, 0.4) is 0 Å². The Balaban J connectivity index is 1.27. The van der Waals surface area contributed by atoms with E-state index >= 15 is 0 Å². The van der Waals surface area contributed by atoms with Crippen molar-refractivity contribution in [2.24, 2.45) is 0 Å². The summed E-state index contributed by atoms with van der Waals surface area (Å²) in [4.78, 5) is 31.8. The first-order valence-corrected chi connectivity index (χ1v) is 9.95. The fourth-order valence-electron chi connectivity index (χ4n) is 3.17. The van der Waals surface area contributed by atoms with Crippen LogP contribution >= 0.6 is 0 Å². The third-order valence-corrected chi connectivity index (χ3v) is 5.19. The number of oxazole rings is 2. The standard InChI is InChI=1S/C22H16N4O7/c1-12(13-5-3-2-4-6-13)30-21(29)24-14-11-23-33-15(14)7-8-16-25-17-18(31-16)32-19(26-17)22(9-10-22)20(27)28/h2-6,11-12H,9-10H2,1H3,(H,24,29)(H,27,28). The average Bonchev–Trinajstić information content (AvgIpc) is 3.12. The molecule has 5 rings (SSSR count). The van der Waals surface area contributed by atoms with Crippen LogP contribution in [0.5, 0.6) is 0 Å². The van der Waals surface area contributed by atoms with Crippen molar-refractivity contribution in [3.8, 4) is 11.8 Å². The van der Waals surface area contributed by atoms with Crippen LogP contribution in [0.25, 0.3) is 11.4 Å². The van der Waals surface area contributed by atoms with Gasteiger partial charge >= 0.3 is 17.8 Å². The number of carboxylic acids is 1. The molecule has 11 heteroatoms. The van der Waals surface area contributed by atoms with Crippen molar-refractivity contribution >= 4 is 29.2 Å². The van der Waals surface area contributed by atoms with E-state index in [0.717, 1.165) is 5.56 Å². The van der Waals surface area contributed by atoms with Gasteiger partial charge in [-0.3, -0.25) is 10.1 Å². The van der Waals surface area contributed by atoms with Crippen molar-refractivity contribution in [3.63, 3.8) is 0 Å². The lowest BCUT2D eigenvalue weighted by atomic mass is 10.1. The van der Waals surface area contributed by atoms with E-state index < -0.39 is 23.6 Å². The fourth-order valence-corrected chi connectivity index (χ4v) is 3.17. The number of fused-ring (bicyclic) bond motifs is 1. The minimum atomic E-state index is -1.10. The highest BCUT2D eigenvalue weighted by Gasteiger charge is 2.56. The quantitative estimate of drug-likeness (QED) is 0.433. The molecule has 0 aliphatic heterocycles. The normalized spacial score (nSPS) is 14.8. The summed E-state index contributed by atoms with van der Waals surface area (Å²) in [5.74, 6) is 4.39. The van der Waals surface area contributed by atoms with E-state index in [1.165, 1.54) is 6.20 Å². The van der Waals surface area contributed by atoms with Gasteiger partial charge in [0.15, 0.2) is 0 Å². The molecule has 1 aliphatic carbocycles. The van der Waals surface area contributed by atoms with Crippen LogP contribution < -0.4 is 5.32 Å². The minimum Gasteiger partial charge on any atom is -0.480 e. The van der Waals surface area contributed by atoms with Crippen LogP contribution in [0.1, 0.15) is 49.0 Å². The maximum atomic E-state index is 12.2. The molecule has 4 aromatic rings. The van der Waals surface area contributed by atoms with Gasteiger partial charge in [0, 0.05) is 5.92 Å². The number of amides is 1. The minimum absolute atomic E-state index is 0.0174. The van der Waals surface area contributed by atoms with Crippen LogP contribution in [0.15, 0.2) is 49.9 Å². The molecule has 1 saturated carbocycles. The first-order valence-electron chi connectivity index (χ1n) is 9.95. The number of anilines is 1. The number of aromatic nitrogens is 3. The molecular formula is C22H16N4O7. The molecule has 3 aromatic heterocycles. The van der Waals surface area contributed by atoms with Crippen molar-refractivity contribution in [3.05, 3.63) is 59.6 Å². The molecule has 1 aromatic carbocycles. The largest absolute Gasteiger partial charge is 0.480 e. The van der Waals surface area contributed by atoms with Crippen molar-refractivity contribution in [2.45, 2.75) is 31.3 Å². The lowest BCUT2D eigenvalue weighted by molar-refractivity contribution is -0.140. The second-order valence-electron chi connectivity index (χ2n) is 7.44. The zero-order valence-electron chi connectivity index (χ0n) is 17.2. The number of carbonyl (C=O) groups excluding carboxylic acids is 1. The van der Waals surface area contributed by atoms with Gasteiger partial charge in [0.1, 0.15) is 17.2 Å². The molecule has 33 heavy (non-hydrogen) atoms. The van der Waals surface area contributed by atoms with Crippen molar-refractivity contribution in [1.29, 1.82) is 0 Å². The number of benzene rings is 1. The van der Waals surface area contributed by atoms with E-state index in [0.29, 0.717) is 12.8 Å². The number of aliphatic carboxylic acids is 1. The maximum Gasteiger partial charge on any atom is 0.412 e. The summed E-state index contributed by atoms with van der Waals surface area (Å²) in [7, 11) is 0. The van der Waals surface area contributed by atoms with Gasteiger partial charge in [0.25, 0.3) is 5.89 Å². The van der Waals surface area contributed by atoms with E-state index in [2.05, 4.69) is 32.3 Å². The summed E-state index contributed by atoms with van der Waals surface area (Å²) in [5.41, 5.74) is 0.0814. The van der Waals surface area contributed by atoms with Crippen LogP contribution in [-0.2, 0) is 14.9 Å². The number of carbonyl (C=O) groups is 2. The topological polar surface area (TPSA) is 154 Å². The Morgan fingerprint density at radius 3 is 2.67 bits per heavy atom. The number of nitrogens with one attached hydrogen (secondary N) is 1. The molecule has 0 spiro atoms. The Kier molecular flexibility index (Phi) is 4.82. The van der Waals surface area contributed by atoms with Gasteiger partial charge < -0.3 is 23.2 Å². The smallest absolute Gasteiger partial charge is 0.412 e. The summed E-state index contributed by atoms with van der Waals surface area (Å²) >= 11 is 0. The second-order valence-corrected chi connectivity index (χ2v) is 7.44. The lowest BCUT2D eigenvalue weighted by Crippen LogP contribution is -2.19. The van der Waals surface area contributed by atoms with E-state index in [1.54, 1.807) is 6.92 Å². The van der Waals surface area contributed by atoms with Crippen LogP contribution in [-0.4, -0.2) is 32.3 Å². The molecule has 1 aliphatic rings. The fraction of sp³-hybridized carbons (Fsp3) is 0.227. The second kappa shape index (κ2) is 7.83. The molecule has 2 N–H and O–H groups in total. The monoisotopic (exact) mass is 448 g/mol. The Morgan fingerprint density at radius 1 is 1.18 bits per heavy atom. The summed E-state index contributed by atoms with van der Waals surface area (Å²) in [5, 5.41) is 15.5. The van der Waals surface area contributed by atoms with E-state index in [4.69, 9.17) is 18.1 Å². The third-order valence-electron chi connectivity index (χ3n) is 5.19. The Bertz CT molecular complexity index is 1370. The molecule has 0 saturated heterocycles. The number of ether oxygens (including phenoxy) is 1. The molecule has 1 amide bonds. The van der Waals surface area contributed by atoms with Gasteiger partial charge in [-0.25, -0.2) is 4.79 Å². The Labute approximate surface area is 185 Å². The highest BCUT2D eigenvalue weighted by Crippen LogP contribution is 2.48. The van der Waals surface area contributed by atoms with Gasteiger partial charge in [-0.15, -0.1) is 0 Å². The molecule has 1 fully saturated rings. The molecule has 1 atom stereocenters. The van der Waals surface area contributed by atoms with E-state index in [-0.39, 0.29) is 34.7 Å². The number of nitrogens with zero attached hydrogens (tertiary/aromatic N) is 3. The van der Waals surface area contributed by atoms with E-state index in [9.17, 15) is 14.7 Å². The van der Waals surface area contributed by atoms with Crippen molar-refractivity contribution < 1.29 is 32.8 Å². The number of rotatable bonds is 5. The summed E-state index contributed by atoms with van der Waals surface area (Å²) in [6.07, 6.45) is 1.03. The van der Waals surface area contributed by atoms with Crippen LogP contribution in [0.2, 0.25) is 0 Å². The maximum absolute atomic E-state index is 12.2. The average molecular weight is 448 g/mol. The predicted octanol–water partition coefficient (Wildman–Crippen LogP) is 3.63. The Morgan fingerprint density at radius 2 is 1.97 bits per heavy atom. The Hall–Kier alpha value is -4.59. The summed E-state index contributed by atoms with van der Waals surface area (Å²) in [6, 6.07) is 9.28. The van der Waals surface area contributed by atoms with Gasteiger partial charge in [0.05, 0.1) is 6.20 Å². The van der Waals surface area contributed by atoms with Gasteiger partial charge in [-0.05, 0) is 31.2 Å². The number of hydrogen-bond donors (Lipinski definition) is 2. The highest BCUT2D eigenvalue weighted by atomic mass is 16.6. The third kappa shape index (κ3) is 3.89. The van der Waals surface area contributed by atoms with Crippen LogP contribution in [0, 0.1) is 11.8 Å². The number of carboxylic acid groups (broad SMARTS) is 1. The molecule has 1 unspecified atom stereocenters. The summed E-state index contributed by atoms with van der Waals surface area (Å²) in [6.45, 7) is 1.75. The number of hydrogen-bond acceptors (Lipinski definition) is 9. The molecule has 166 valence electrons. The molecule has 0 bridgehead atoms. The summed E-state index contributed by atoms with van der Waals surface area (Å²) < 4.78 is 21.2. The van der Waals surface area contributed by atoms with Crippen molar-refractivity contribution in [2.75, 3.05) is 5.32 Å². The predicted molar refractivity (Wildman–Crippen MR) is 110 cm³/mol. The molecule has 11 nitrogen and oxygen atoms in total. The highest BCUT2D eigenvalue weighted by molar-refractivity contribution is 5.86. The van der Waals surface area contributed by atoms with Gasteiger partial charge in [-0.1, -0.05) is 35.5 Å². The van der Waals surface area contributed by atoms with Crippen molar-refractivity contribution in [1.82, 2.24) is 15.1 Å². The van der Waals surface area contributed by atoms with Gasteiger partial charge in [-0.2, -0.15) is 9.97 Å². The van der Waals surface area contributed by atoms with E-state index in [1.807, 2.05) is 30.3 Å². The molecular weight excluding hydrogens is 432 g/mol. The first-order chi connectivity index (χ1) is 15.9. The molecule has 3 heterocycles.